The van der Waals surface area contributed by atoms with Crippen molar-refractivity contribution in [3.8, 4) is 0 Å². The van der Waals surface area contributed by atoms with Gasteiger partial charge in [0.25, 0.3) is 0 Å². The van der Waals surface area contributed by atoms with Crippen molar-refractivity contribution >= 4 is 5.78 Å². The third-order valence-corrected chi connectivity index (χ3v) is 2.16. The van der Waals surface area contributed by atoms with Gasteiger partial charge in [-0.2, -0.15) is 5.10 Å². The van der Waals surface area contributed by atoms with Crippen LogP contribution in [0.3, 0.4) is 0 Å². The first-order valence-corrected chi connectivity index (χ1v) is 4.76. The van der Waals surface area contributed by atoms with E-state index in [4.69, 9.17) is 0 Å². The van der Waals surface area contributed by atoms with Crippen molar-refractivity contribution in [2.75, 3.05) is 0 Å². The van der Waals surface area contributed by atoms with Crippen molar-refractivity contribution in [3.05, 3.63) is 17.5 Å². The second kappa shape index (κ2) is 4.21. The van der Waals surface area contributed by atoms with Crippen LogP contribution in [0.5, 0.6) is 0 Å². The van der Waals surface area contributed by atoms with Crippen molar-refractivity contribution in [1.29, 1.82) is 0 Å². The molecular formula is C10H16N2O. The molecule has 0 saturated heterocycles. The molecule has 0 N–H and O–H groups in total. The molecule has 0 aliphatic heterocycles. The van der Waals surface area contributed by atoms with Gasteiger partial charge in [0.05, 0.1) is 11.8 Å². The summed E-state index contributed by atoms with van der Waals surface area (Å²) in [5.41, 5.74) is 1.77. The van der Waals surface area contributed by atoms with Crippen LogP contribution in [-0.4, -0.2) is 15.6 Å². The van der Waals surface area contributed by atoms with Crippen molar-refractivity contribution < 1.29 is 4.79 Å². The number of ketones is 1. The first-order valence-electron chi connectivity index (χ1n) is 4.76. The lowest BCUT2D eigenvalue weighted by atomic mass is 10.1. The highest BCUT2D eigenvalue weighted by Crippen LogP contribution is 2.09. The zero-order valence-electron chi connectivity index (χ0n) is 8.50. The van der Waals surface area contributed by atoms with Crippen LogP contribution >= 0.6 is 0 Å². The van der Waals surface area contributed by atoms with E-state index in [1.165, 1.54) is 0 Å². The summed E-state index contributed by atoms with van der Waals surface area (Å²) in [6, 6.07) is 0. The second-order valence-electron chi connectivity index (χ2n) is 3.14. The Labute approximate surface area is 78.8 Å². The fraction of sp³-hybridized carbons (Fsp3) is 0.600. The Morgan fingerprint density at radius 1 is 1.54 bits per heavy atom. The third kappa shape index (κ3) is 1.97. The highest BCUT2D eigenvalue weighted by Gasteiger charge is 2.11. The van der Waals surface area contributed by atoms with E-state index >= 15 is 0 Å². The number of aromatic nitrogens is 2. The van der Waals surface area contributed by atoms with E-state index < -0.39 is 0 Å². The van der Waals surface area contributed by atoms with E-state index in [0.29, 0.717) is 6.42 Å². The molecule has 0 aromatic carbocycles. The zero-order chi connectivity index (χ0) is 9.84. The molecule has 0 spiro atoms. The molecule has 0 bridgehead atoms. The molecule has 1 heterocycles. The minimum absolute atomic E-state index is 0.180. The van der Waals surface area contributed by atoms with Gasteiger partial charge in [-0.1, -0.05) is 13.8 Å². The predicted molar refractivity (Wildman–Crippen MR) is 51.9 cm³/mol. The number of hydrogen-bond donors (Lipinski definition) is 0. The summed E-state index contributed by atoms with van der Waals surface area (Å²) in [7, 11) is 0. The minimum atomic E-state index is 0.180. The molecule has 13 heavy (non-hydrogen) atoms. The molecule has 0 fully saturated rings. The maximum atomic E-state index is 11.4. The molecule has 0 unspecified atom stereocenters. The quantitative estimate of drug-likeness (QED) is 0.666. The fourth-order valence-electron chi connectivity index (χ4n) is 1.35. The van der Waals surface area contributed by atoms with Gasteiger partial charge >= 0.3 is 0 Å². The van der Waals surface area contributed by atoms with Gasteiger partial charge in [0.15, 0.2) is 5.78 Å². The van der Waals surface area contributed by atoms with Crippen molar-refractivity contribution in [3.63, 3.8) is 0 Å². The van der Waals surface area contributed by atoms with E-state index in [0.717, 1.165) is 24.2 Å². The molecule has 1 aromatic heterocycles. The Balaban J connectivity index is 2.92. The lowest BCUT2D eigenvalue weighted by molar-refractivity contribution is 0.0987. The number of carbonyl (C=O) groups excluding carboxylic acids is 1. The number of carbonyl (C=O) groups is 1. The number of rotatable bonds is 4. The second-order valence-corrected chi connectivity index (χ2v) is 3.14. The van der Waals surface area contributed by atoms with Gasteiger partial charge in [0.2, 0.25) is 0 Å². The lowest BCUT2D eigenvalue weighted by Crippen LogP contribution is -2.03. The van der Waals surface area contributed by atoms with Gasteiger partial charge in [-0.05, 0) is 13.3 Å². The van der Waals surface area contributed by atoms with Crippen LogP contribution in [0.4, 0.5) is 0 Å². The van der Waals surface area contributed by atoms with Crippen LogP contribution in [0.2, 0.25) is 0 Å². The van der Waals surface area contributed by atoms with Gasteiger partial charge in [-0.15, -0.1) is 0 Å². The van der Waals surface area contributed by atoms with Crippen LogP contribution in [0.15, 0.2) is 6.20 Å². The van der Waals surface area contributed by atoms with E-state index in [1.54, 1.807) is 6.20 Å². The van der Waals surface area contributed by atoms with Gasteiger partial charge in [0.1, 0.15) is 0 Å². The Hall–Kier alpha value is -1.12. The van der Waals surface area contributed by atoms with E-state index in [2.05, 4.69) is 12.0 Å². The lowest BCUT2D eigenvalue weighted by Gasteiger charge is -2.01. The summed E-state index contributed by atoms with van der Waals surface area (Å²) in [6.07, 6.45) is 3.28. The summed E-state index contributed by atoms with van der Waals surface area (Å²) < 4.78 is 1.89. The minimum Gasteiger partial charge on any atom is -0.294 e. The van der Waals surface area contributed by atoms with Crippen LogP contribution in [0.25, 0.3) is 0 Å². The smallest absolute Gasteiger partial charge is 0.166 e. The van der Waals surface area contributed by atoms with Crippen LogP contribution < -0.4 is 0 Å². The van der Waals surface area contributed by atoms with Crippen LogP contribution in [0, 0.1) is 6.92 Å². The topological polar surface area (TPSA) is 34.9 Å². The third-order valence-electron chi connectivity index (χ3n) is 2.16. The molecule has 0 aliphatic rings. The maximum absolute atomic E-state index is 11.4. The maximum Gasteiger partial charge on any atom is 0.166 e. The van der Waals surface area contributed by atoms with Gasteiger partial charge in [-0.25, -0.2) is 0 Å². The Morgan fingerprint density at radius 2 is 2.23 bits per heavy atom. The fourth-order valence-corrected chi connectivity index (χ4v) is 1.35. The summed E-state index contributed by atoms with van der Waals surface area (Å²) in [5, 5.41) is 4.17. The Morgan fingerprint density at radius 3 is 2.77 bits per heavy atom. The highest BCUT2D eigenvalue weighted by atomic mass is 16.1. The number of nitrogens with zero attached hydrogens (tertiary/aromatic N) is 2. The zero-order valence-corrected chi connectivity index (χ0v) is 8.50. The first kappa shape index (κ1) is 9.96. The van der Waals surface area contributed by atoms with E-state index in [1.807, 2.05) is 18.5 Å². The number of Topliss-reactive ketones (excluding diaryl/α,β-unsaturated/α-hetero) is 1. The van der Waals surface area contributed by atoms with Gasteiger partial charge in [-0.3, -0.25) is 9.48 Å². The molecule has 1 rings (SSSR count). The van der Waals surface area contributed by atoms with E-state index in [9.17, 15) is 4.79 Å². The Kier molecular flexibility index (Phi) is 3.23. The van der Waals surface area contributed by atoms with Gasteiger partial charge in [0, 0.05) is 18.7 Å². The van der Waals surface area contributed by atoms with Crippen molar-refractivity contribution in [2.45, 2.75) is 40.2 Å². The molecule has 0 aliphatic carbocycles. The molecule has 0 amide bonds. The summed E-state index contributed by atoms with van der Waals surface area (Å²) in [6.45, 7) is 6.82. The molecular weight excluding hydrogens is 164 g/mol. The predicted octanol–water partition coefficient (Wildman–Crippen LogP) is 2.19. The summed E-state index contributed by atoms with van der Waals surface area (Å²) >= 11 is 0. The molecule has 3 nitrogen and oxygen atoms in total. The van der Waals surface area contributed by atoms with Crippen LogP contribution in [-0.2, 0) is 6.54 Å². The van der Waals surface area contributed by atoms with Crippen molar-refractivity contribution in [2.24, 2.45) is 0 Å². The standard InChI is InChI=1S/C10H16N2O/c1-4-6-12-8(3)9(7-11-12)10(13)5-2/h7H,4-6H2,1-3H3. The molecule has 0 atom stereocenters. The first-order chi connectivity index (χ1) is 6.20. The Bertz CT molecular complexity index is 302. The molecule has 72 valence electrons. The van der Waals surface area contributed by atoms with E-state index in [-0.39, 0.29) is 5.78 Å². The number of aryl methyl sites for hydroxylation is 1. The van der Waals surface area contributed by atoms with Crippen LogP contribution in [0.1, 0.15) is 42.7 Å². The van der Waals surface area contributed by atoms with Gasteiger partial charge < -0.3 is 0 Å². The average molecular weight is 180 g/mol. The molecule has 3 heteroatoms. The SMILES string of the molecule is CCCn1ncc(C(=O)CC)c1C. The molecule has 1 aromatic rings. The largest absolute Gasteiger partial charge is 0.294 e. The number of hydrogen-bond acceptors (Lipinski definition) is 2. The summed E-state index contributed by atoms with van der Waals surface area (Å²) in [4.78, 5) is 11.4. The highest BCUT2D eigenvalue weighted by molar-refractivity contribution is 5.96. The molecule has 0 radical (unpaired) electrons. The molecule has 0 saturated carbocycles. The van der Waals surface area contributed by atoms with Crippen molar-refractivity contribution in [1.82, 2.24) is 9.78 Å². The summed E-state index contributed by atoms with van der Waals surface area (Å²) in [5.74, 6) is 0.180. The normalized spacial score (nSPS) is 10.4. The average Bonchev–Trinajstić information content (AvgIpc) is 2.48. The monoisotopic (exact) mass is 180 g/mol.